The Morgan fingerprint density at radius 3 is 1.80 bits per heavy atom. The molecule has 3 heteroatoms. The molecule has 0 fully saturated rings. The maximum absolute atomic E-state index is 5.30. The van der Waals surface area contributed by atoms with Crippen molar-refractivity contribution in [1.82, 2.24) is 0 Å². The predicted molar refractivity (Wildman–Crippen MR) is 145 cm³/mol. The normalized spacial score (nSPS) is 18.9. The molecule has 35 heavy (non-hydrogen) atoms. The lowest BCUT2D eigenvalue weighted by atomic mass is 9.76. The maximum Gasteiger partial charge on any atom is 0.118 e. The van der Waals surface area contributed by atoms with Gasteiger partial charge in [0.15, 0.2) is 0 Å². The average Bonchev–Trinajstić information content (AvgIpc) is 2.93. The molecule has 0 unspecified atom stereocenters. The molecule has 2 aliphatic heterocycles. The zero-order valence-corrected chi connectivity index (χ0v) is 20.1. The molecule has 3 nitrogen and oxygen atoms in total. The van der Waals surface area contributed by atoms with Crippen LogP contribution in [-0.4, -0.2) is 26.4 Å². The first-order valence-electron chi connectivity index (χ1n) is 12.5. The van der Waals surface area contributed by atoms with Gasteiger partial charge in [0, 0.05) is 36.8 Å². The summed E-state index contributed by atoms with van der Waals surface area (Å²) in [6, 6.07) is 34.7. The topological polar surface area (TPSA) is 24.8 Å². The average molecular weight is 459 g/mol. The largest absolute Gasteiger partial charge is 0.497 e. The fourth-order valence-corrected chi connectivity index (χ4v) is 5.75. The highest BCUT2D eigenvalue weighted by atomic mass is 16.5. The van der Waals surface area contributed by atoms with E-state index < -0.39 is 0 Å². The van der Waals surface area contributed by atoms with Crippen LogP contribution in [0.15, 0.2) is 102 Å². The summed E-state index contributed by atoms with van der Waals surface area (Å²) in [5.41, 5.74) is 9.16. The van der Waals surface area contributed by atoms with Gasteiger partial charge in [-0.3, -0.25) is 4.99 Å². The summed E-state index contributed by atoms with van der Waals surface area (Å²) in [5.74, 6) is 1.65. The standard InChI is InChI=1S/C32H30N2O/c1-35-27-14-12-23(13-15-27)22-33-26-20-30-28(24-8-4-2-5-9-24)16-18-34-19-17-29(31(21-26)32(30)34)25-10-6-3-7-11-25/h2-15,20-22,28-29H,16-19H2,1H3/t28-,29+. The molecule has 2 atom stereocenters. The Balaban J connectivity index is 1.47. The highest BCUT2D eigenvalue weighted by Gasteiger charge is 2.34. The summed E-state index contributed by atoms with van der Waals surface area (Å²) in [5, 5.41) is 0. The summed E-state index contributed by atoms with van der Waals surface area (Å²) < 4.78 is 5.30. The smallest absolute Gasteiger partial charge is 0.118 e. The van der Waals surface area contributed by atoms with Gasteiger partial charge in [-0.25, -0.2) is 0 Å². The third kappa shape index (κ3) is 4.23. The van der Waals surface area contributed by atoms with Crippen LogP contribution in [0.4, 0.5) is 11.4 Å². The molecular formula is C32H30N2O. The molecule has 4 aromatic carbocycles. The van der Waals surface area contributed by atoms with Gasteiger partial charge in [-0.1, -0.05) is 60.7 Å². The summed E-state index contributed by atoms with van der Waals surface area (Å²) in [6.07, 6.45) is 4.24. The Kier molecular flexibility index (Phi) is 5.83. The van der Waals surface area contributed by atoms with Gasteiger partial charge in [-0.05, 0) is 77.1 Å². The van der Waals surface area contributed by atoms with Crippen LogP contribution in [0.2, 0.25) is 0 Å². The van der Waals surface area contributed by atoms with Crippen molar-refractivity contribution in [3.8, 4) is 5.75 Å². The van der Waals surface area contributed by atoms with E-state index >= 15 is 0 Å². The van der Waals surface area contributed by atoms with Gasteiger partial charge >= 0.3 is 0 Å². The van der Waals surface area contributed by atoms with Crippen LogP contribution in [0.3, 0.4) is 0 Å². The van der Waals surface area contributed by atoms with Crippen molar-refractivity contribution in [3.05, 3.63) is 125 Å². The summed E-state index contributed by atoms with van der Waals surface area (Å²) in [6.45, 7) is 2.21. The molecule has 6 rings (SSSR count). The van der Waals surface area contributed by atoms with Crippen molar-refractivity contribution < 1.29 is 4.74 Å². The number of hydrogen-bond acceptors (Lipinski definition) is 3. The minimum absolute atomic E-state index is 0.395. The molecule has 0 saturated heterocycles. The first-order chi connectivity index (χ1) is 17.3. The van der Waals surface area contributed by atoms with Crippen molar-refractivity contribution in [3.63, 3.8) is 0 Å². The molecule has 0 N–H and O–H groups in total. The van der Waals surface area contributed by atoms with Gasteiger partial charge < -0.3 is 9.64 Å². The number of anilines is 1. The van der Waals surface area contributed by atoms with Gasteiger partial charge in [0.05, 0.1) is 12.8 Å². The van der Waals surface area contributed by atoms with Crippen LogP contribution in [0.5, 0.6) is 5.75 Å². The van der Waals surface area contributed by atoms with E-state index in [1.165, 1.54) is 27.9 Å². The van der Waals surface area contributed by atoms with Crippen molar-refractivity contribution in [1.29, 1.82) is 0 Å². The second-order valence-electron chi connectivity index (χ2n) is 9.50. The lowest BCUT2D eigenvalue weighted by Gasteiger charge is -2.43. The second kappa shape index (κ2) is 9.42. The van der Waals surface area contributed by atoms with Crippen molar-refractivity contribution in [2.45, 2.75) is 24.7 Å². The molecule has 0 aliphatic carbocycles. The number of aliphatic imine (C=N–C) groups is 1. The molecule has 0 aromatic heterocycles. The van der Waals surface area contributed by atoms with E-state index in [1.54, 1.807) is 7.11 Å². The van der Waals surface area contributed by atoms with Crippen molar-refractivity contribution in [2.24, 2.45) is 4.99 Å². The van der Waals surface area contributed by atoms with E-state index in [0.29, 0.717) is 11.8 Å². The van der Waals surface area contributed by atoms with Gasteiger partial charge in [0.25, 0.3) is 0 Å². The first-order valence-corrected chi connectivity index (χ1v) is 12.5. The molecule has 0 spiro atoms. The number of hydrogen-bond donors (Lipinski definition) is 0. The van der Waals surface area contributed by atoms with Crippen LogP contribution >= 0.6 is 0 Å². The fraction of sp³-hybridized carbons (Fsp3) is 0.219. The Bertz CT molecular complexity index is 1260. The molecule has 0 amide bonds. The SMILES string of the molecule is COc1ccc(C=Nc2cc3c4c(c2)[C@H](c2ccccc2)CCN4CC[C@@H]3c2ccccc2)cc1. The lowest BCUT2D eigenvalue weighted by molar-refractivity contribution is 0.415. The first kappa shape index (κ1) is 21.7. The third-order valence-electron chi connectivity index (χ3n) is 7.48. The van der Waals surface area contributed by atoms with E-state index in [0.717, 1.165) is 42.9 Å². The Morgan fingerprint density at radius 2 is 1.29 bits per heavy atom. The number of benzene rings is 4. The highest BCUT2D eigenvalue weighted by molar-refractivity contribution is 5.83. The number of nitrogens with zero attached hydrogens (tertiary/aromatic N) is 2. The van der Waals surface area contributed by atoms with Crippen LogP contribution in [0.1, 0.15) is 52.5 Å². The van der Waals surface area contributed by atoms with Gasteiger partial charge in [-0.2, -0.15) is 0 Å². The van der Waals surface area contributed by atoms with E-state index in [9.17, 15) is 0 Å². The van der Waals surface area contributed by atoms with Crippen molar-refractivity contribution >= 4 is 17.6 Å². The molecule has 0 bridgehead atoms. The zero-order valence-electron chi connectivity index (χ0n) is 20.1. The molecule has 0 radical (unpaired) electrons. The van der Waals surface area contributed by atoms with Crippen LogP contribution < -0.4 is 9.64 Å². The van der Waals surface area contributed by atoms with E-state index in [2.05, 4.69) is 77.7 Å². The molecule has 2 heterocycles. The van der Waals surface area contributed by atoms with E-state index in [4.69, 9.17) is 9.73 Å². The fourth-order valence-electron chi connectivity index (χ4n) is 5.75. The van der Waals surface area contributed by atoms with Crippen molar-refractivity contribution in [2.75, 3.05) is 25.1 Å². The predicted octanol–water partition coefficient (Wildman–Crippen LogP) is 7.32. The minimum Gasteiger partial charge on any atom is -0.497 e. The lowest BCUT2D eigenvalue weighted by Crippen LogP contribution is -2.37. The maximum atomic E-state index is 5.30. The Labute approximate surface area is 207 Å². The molecule has 4 aromatic rings. The minimum atomic E-state index is 0.395. The Hall–Kier alpha value is -3.85. The Morgan fingerprint density at radius 1 is 0.743 bits per heavy atom. The van der Waals surface area contributed by atoms with Gasteiger partial charge in [0.1, 0.15) is 5.75 Å². The van der Waals surface area contributed by atoms with E-state index in [-0.39, 0.29) is 0 Å². The monoisotopic (exact) mass is 458 g/mol. The highest BCUT2D eigenvalue weighted by Crippen LogP contribution is 2.49. The van der Waals surface area contributed by atoms with Gasteiger partial charge in [0.2, 0.25) is 0 Å². The summed E-state index contributed by atoms with van der Waals surface area (Å²) in [7, 11) is 1.69. The zero-order chi connectivity index (χ0) is 23.6. The second-order valence-corrected chi connectivity index (χ2v) is 9.50. The van der Waals surface area contributed by atoms with E-state index in [1.807, 2.05) is 30.5 Å². The quantitative estimate of drug-likeness (QED) is 0.293. The van der Waals surface area contributed by atoms with Crippen LogP contribution in [0, 0.1) is 0 Å². The van der Waals surface area contributed by atoms with Crippen LogP contribution in [-0.2, 0) is 0 Å². The summed E-state index contributed by atoms with van der Waals surface area (Å²) >= 11 is 0. The number of ether oxygens (including phenoxy) is 1. The molecule has 2 aliphatic rings. The molecule has 0 saturated carbocycles. The third-order valence-corrected chi connectivity index (χ3v) is 7.48. The molecular weight excluding hydrogens is 428 g/mol. The molecule has 174 valence electrons. The van der Waals surface area contributed by atoms with Gasteiger partial charge in [-0.15, -0.1) is 0 Å². The number of rotatable bonds is 5. The number of methoxy groups -OCH3 is 1. The van der Waals surface area contributed by atoms with Crippen LogP contribution in [0.25, 0.3) is 0 Å². The summed E-state index contributed by atoms with van der Waals surface area (Å²) in [4.78, 5) is 7.58.